The first kappa shape index (κ1) is 13.1. The minimum Gasteiger partial charge on any atom is -0.480 e. The summed E-state index contributed by atoms with van der Waals surface area (Å²) in [6, 6.07) is 4.70. The molecule has 1 aromatic heterocycles. The Labute approximate surface area is 108 Å². The maximum absolute atomic E-state index is 13.1. The quantitative estimate of drug-likeness (QED) is 0.888. The van der Waals surface area contributed by atoms with Gasteiger partial charge in [0.1, 0.15) is 17.6 Å². The number of aromatic nitrogens is 1. The molecular weight excluding hydrogens is 251 g/mol. The van der Waals surface area contributed by atoms with Crippen molar-refractivity contribution in [1.29, 1.82) is 0 Å². The number of aromatic amines is 1. The summed E-state index contributed by atoms with van der Waals surface area (Å²) in [5.41, 5.74) is 0.859. The first-order valence-electron chi connectivity index (χ1n) is 5.68. The molecule has 0 spiro atoms. The summed E-state index contributed by atoms with van der Waals surface area (Å²) in [4.78, 5) is 26.9. The molecule has 2 rings (SSSR count). The molecule has 1 heterocycles. The van der Waals surface area contributed by atoms with Gasteiger partial charge in [-0.2, -0.15) is 0 Å². The van der Waals surface area contributed by atoms with Gasteiger partial charge in [-0.05, 0) is 31.2 Å². The van der Waals surface area contributed by atoms with Gasteiger partial charge in [-0.25, -0.2) is 9.18 Å². The smallest absolute Gasteiger partial charge is 0.326 e. The second kappa shape index (κ2) is 4.72. The predicted molar refractivity (Wildman–Crippen MR) is 67.4 cm³/mol. The number of hydrogen-bond acceptors (Lipinski definition) is 2. The van der Waals surface area contributed by atoms with Crippen LogP contribution in [0.2, 0.25) is 0 Å². The summed E-state index contributed by atoms with van der Waals surface area (Å²) in [6.07, 6.45) is 0. The number of benzene rings is 1. The average molecular weight is 264 g/mol. The number of hydrogen-bond donors (Lipinski definition) is 2. The van der Waals surface area contributed by atoms with Crippen molar-refractivity contribution in [2.24, 2.45) is 0 Å². The van der Waals surface area contributed by atoms with Crippen LogP contribution in [-0.4, -0.2) is 40.0 Å². The number of carboxylic acid groups (broad SMARTS) is 1. The normalized spacial score (nSPS) is 12.4. The molecule has 0 bridgehead atoms. The molecule has 100 valence electrons. The van der Waals surface area contributed by atoms with Crippen molar-refractivity contribution in [3.05, 3.63) is 35.8 Å². The molecule has 1 unspecified atom stereocenters. The number of carbonyl (C=O) groups excluding carboxylic acids is 1. The number of amides is 1. The van der Waals surface area contributed by atoms with Gasteiger partial charge in [-0.1, -0.05) is 0 Å². The van der Waals surface area contributed by atoms with Gasteiger partial charge < -0.3 is 15.0 Å². The third-order valence-electron chi connectivity index (χ3n) is 3.07. The summed E-state index contributed by atoms with van der Waals surface area (Å²) in [6.45, 7) is 1.42. The molecule has 0 aliphatic rings. The standard InChI is InChI=1S/C13H13FN2O3/c1-7(13(18)19)16(2)12(17)11-6-8-5-9(14)3-4-10(8)15-11/h3-7,15H,1-2H3,(H,18,19). The lowest BCUT2D eigenvalue weighted by molar-refractivity contribution is -0.141. The molecule has 0 radical (unpaired) electrons. The fourth-order valence-electron chi connectivity index (χ4n) is 1.75. The Morgan fingerprint density at radius 1 is 1.37 bits per heavy atom. The van der Waals surface area contributed by atoms with Gasteiger partial charge in [-0.15, -0.1) is 0 Å². The molecule has 19 heavy (non-hydrogen) atoms. The Kier molecular flexibility index (Phi) is 3.25. The van der Waals surface area contributed by atoms with Crippen LogP contribution in [0.15, 0.2) is 24.3 Å². The maximum atomic E-state index is 13.1. The first-order valence-corrected chi connectivity index (χ1v) is 5.68. The number of nitrogens with one attached hydrogen (secondary N) is 1. The second-order valence-electron chi connectivity index (χ2n) is 4.34. The summed E-state index contributed by atoms with van der Waals surface area (Å²) in [5, 5.41) is 9.44. The van der Waals surface area contributed by atoms with Gasteiger partial charge in [0.15, 0.2) is 0 Å². The number of carbonyl (C=O) groups is 2. The van der Waals surface area contributed by atoms with Gasteiger partial charge in [0.05, 0.1) is 0 Å². The molecule has 1 amide bonds. The van der Waals surface area contributed by atoms with E-state index in [1.807, 2.05) is 0 Å². The number of carboxylic acids is 1. The summed E-state index contributed by atoms with van der Waals surface area (Å²) in [7, 11) is 1.41. The van der Waals surface area contributed by atoms with E-state index in [1.54, 1.807) is 0 Å². The van der Waals surface area contributed by atoms with Crippen molar-refractivity contribution in [3.8, 4) is 0 Å². The first-order chi connectivity index (χ1) is 8.90. The monoisotopic (exact) mass is 264 g/mol. The largest absolute Gasteiger partial charge is 0.480 e. The molecule has 5 nitrogen and oxygen atoms in total. The minimum atomic E-state index is -1.09. The van der Waals surface area contributed by atoms with Crippen molar-refractivity contribution < 1.29 is 19.1 Å². The van der Waals surface area contributed by atoms with Gasteiger partial charge in [0, 0.05) is 18.0 Å². The van der Waals surface area contributed by atoms with Gasteiger partial charge >= 0.3 is 5.97 Å². The van der Waals surface area contributed by atoms with Crippen LogP contribution >= 0.6 is 0 Å². The number of aliphatic carboxylic acids is 1. The maximum Gasteiger partial charge on any atom is 0.326 e. The molecule has 6 heteroatoms. The Balaban J connectivity index is 2.33. The van der Waals surface area contributed by atoms with Crippen LogP contribution < -0.4 is 0 Å². The molecule has 0 saturated heterocycles. The molecule has 0 aliphatic carbocycles. The minimum absolute atomic E-state index is 0.233. The van der Waals surface area contributed by atoms with Crippen molar-refractivity contribution in [2.45, 2.75) is 13.0 Å². The van der Waals surface area contributed by atoms with E-state index >= 15 is 0 Å². The van der Waals surface area contributed by atoms with E-state index in [4.69, 9.17) is 5.11 Å². The summed E-state index contributed by atoms with van der Waals surface area (Å²) < 4.78 is 13.1. The third kappa shape index (κ3) is 2.42. The van der Waals surface area contributed by atoms with E-state index in [9.17, 15) is 14.0 Å². The number of fused-ring (bicyclic) bond motifs is 1. The number of halogens is 1. The van der Waals surface area contributed by atoms with E-state index in [0.29, 0.717) is 10.9 Å². The Morgan fingerprint density at radius 2 is 2.05 bits per heavy atom. The number of H-pyrrole nitrogens is 1. The summed E-state index contributed by atoms with van der Waals surface area (Å²) >= 11 is 0. The molecule has 0 aliphatic heterocycles. The molecule has 1 aromatic carbocycles. The van der Waals surface area contributed by atoms with E-state index in [0.717, 1.165) is 4.90 Å². The van der Waals surface area contributed by atoms with Crippen molar-refractivity contribution in [2.75, 3.05) is 7.05 Å². The van der Waals surface area contributed by atoms with E-state index in [-0.39, 0.29) is 5.69 Å². The highest BCUT2D eigenvalue weighted by atomic mass is 19.1. The van der Waals surface area contributed by atoms with E-state index in [1.165, 1.54) is 38.2 Å². The van der Waals surface area contributed by atoms with Crippen LogP contribution in [0.4, 0.5) is 4.39 Å². The lowest BCUT2D eigenvalue weighted by atomic mass is 10.2. The fraction of sp³-hybridized carbons (Fsp3) is 0.231. The SMILES string of the molecule is CC(C(=O)O)N(C)C(=O)c1cc2cc(F)ccc2[nH]1. The van der Waals surface area contributed by atoms with Crippen LogP contribution in [0, 0.1) is 5.82 Å². The second-order valence-corrected chi connectivity index (χ2v) is 4.34. The predicted octanol–water partition coefficient (Wildman–Crippen LogP) is 1.85. The van der Waals surface area contributed by atoms with Gasteiger partial charge in [0.25, 0.3) is 5.91 Å². The highest BCUT2D eigenvalue weighted by Crippen LogP contribution is 2.18. The summed E-state index contributed by atoms with van der Waals surface area (Å²) in [5.74, 6) is -1.93. The Bertz CT molecular complexity index is 650. The lowest BCUT2D eigenvalue weighted by Gasteiger charge is -2.20. The average Bonchev–Trinajstić information content (AvgIpc) is 2.78. The molecule has 1 atom stereocenters. The Hall–Kier alpha value is -2.37. The zero-order valence-corrected chi connectivity index (χ0v) is 10.5. The molecular formula is C13H13FN2O3. The van der Waals surface area contributed by atoms with Crippen LogP contribution in [0.5, 0.6) is 0 Å². The van der Waals surface area contributed by atoms with Crippen molar-refractivity contribution in [3.63, 3.8) is 0 Å². The van der Waals surface area contributed by atoms with Gasteiger partial charge in [-0.3, -0.25) is 4.79 Å². The van der Waals surface area contributed by atoms with Crippen LogP contribution in [0.3, 0.4) is 0 Å². The topological polar surface area (TPSA) is 73.4 Å². The zero-order chi connectivity index (χ0) is 14.2. The molecule has 0 saturated carbocycles. The zero-order valence-electron chi connectivity index (χ0n) is 10.5. The Morgan fingerprint density at radius 3 is 2.68 bits per heavy atom. The molecule has 2 aromatic rings. The van der Waals surface area contributed by atoms with Crippen molar-refractivity contribution in [1.82, 2.24) is 9.88 Å². The highest BCUT2D eigenvalue weighted by molar-refractivity contribution is 5.99. The number of rotatable bonds is 3. The number of likely N-dealkylation sites (N-methyl/N-ethyl adjacent to an activating group) is 1. The molecule has 0 fully saturated rings. The van der Waals surface area contributed by atoms with E-state index in [2.05, 4.69) is 4.98 Å². The fourth-order valence-corrected chi connectivity index (χ4v) is 1.75. The van der Waals surface area contributed by atoms with Gasteiger partial charge in [0.2, 0.25) is 0 Å². The third-order valence-corrected chi connectivity index (χ3v) is 3.07. The van der Waals surface area contributed by atoms with E-state index < -0.39 is 23.7 Å². The lowest BCUT2D eigenvalue weighted by Crippen LogP contribution is -2.40. The highest BCUT2D eigenvalue weighted by Gasteiger charge is 2.23. The van der Waals surface area contributed by atoms with Crippen LogP contribution in [0.1, 0.15) is 17.4 Å². The molecule has 2 N–H and O–H groups in total. The van der Waals surface area contributed by atoms with Crippen LogP contribution in [-0.2, 0) is 4.79 Å². The van der Waals surface area contributed by atoms with Crippen molar-refractivity contribution >= 4 is 22.8 Å². The number of nitrogens with zero attached hydrogens (tertiary/aromatic N) is 1. The van der Waals surface area contributed by atoms with Crippen LogP contribution in [0.25, 0.3) is 10.9 Å².